The maximum Gasteiger partial charge on any atom is 0.217 e. The quantitative estimate of drug-likeness (QED) is 0.875. The van der Waals surface area contributed by atoms with Crippen molar-refractivity contribution in [1.82, 2.24) is 20.2 Å². The Hall–Kier alpha value is -1.79. The number of thiophene rings is 1. The van der Waals surface area contributed by atoms with Crippen LogP contribution in [0.4, 0.5) is 0 Å². The topological polar surface area (TPSA) is 58.1 Å². The molecule has 2 aromatic heterocycles. The van der Waals surface area contributed by atoms with Gasteiger partial charge in [-0.25, -0.2) is 0 Å². The fraction of sp³-hybridized carbons (Fsp3) is 0.500. The first kappa shape index (κ1) is 17.0. The van der Waals surface area contributed by atoms with Crippen molar-refractivity contribution < 1.29 is 4.79 Å². The van der Waals surface area contributed by atoms with Crippen LogP contribution in [0.25, 0.3) is 0 Å². The maximum atomic E-state index is 10.9. The first-order valence-corrected chi connectivity index (χ1v) is 9.41. The zero-order valence-corrected chi connectivity index (χ0v) is 14.9. The van der Waals surface area contributed by atoms with Crippen LogP contribution in [-0.4, -0.2) is 33.9 Å². The second-order valence-electron chi connectivity index (χ2n) is 6.46. The van der Waals surface area contributed by atoms with Crippen LogP contribution < -0.4 is 5.32 Å². The number of nitrogens with one attached hydrogen (secondary N) is 1. The first-order chi connectivity index (χ1) is 11.7. The molecule has 6 heteroatoms. The summed E-state index contributed by atoms with van der Waals surface area (Å²) in [5, 5.41) is 7.13. The van der Waals surface area contributed by atoms with Gasteiger partial charge in [0.25, 0.3) is 0 Å². The summed E-state index contributed by atoms with van der Waals surface area (Å²) in [5.41, 5.74) is 3.29. The fourth-order valence-electron chi connectivity index (χ4n) is 3.08. The molecule has 0 aliphatic carbocycles. The summed E-state index contributed by atoms with van der Waals surface area (Å²) < 4.78 is 0. The molecule has 24 heavy (non-hydrogen) atoms. The van der Waals surface area contributed by atoms with E-state index < -0.39 is 0 Å². The number of nitrogens with zero attached hydrogens (tertiary/aromatic N) is 3. The third kappa shape index (κ3) is 5.11. The summed E-state index contributed by atoms with van der Waals surface area (Å²) in [4.78, 5) is 22.4. The second kappa shape index (κ2) is 8.35. The van der Waals surface area contributed by atoms with Crippen LogP contribution in [-0.2, 0) is 24.3 Å². The molecular formula is C18H24N4OS. The second-order valence-corrected chi connectivity index (χ2v) is 7.24. The first-order valence-electron chi connectivity index (χ1n) is 8.46. The highest BCUT2D eigenvalue weighted by Gasteiger charge is 2.20. The number of amides is 1. The largest absolute Gasteiger partial charge is 0.351 e. The molecule has 3 heterocycles. The van der Waals surface area contributed by atoms with E-state index in [1.807, 2.05) is 6.20 Å². The number of carbonyl (C=O) groups is 1. The van der Waals surface area contributed by atoms with E-state index >= 15 is 0 Å². The normalized spacial score (nSPS) is 16.2. The Morgan fingerprint density at radius 3 is 2.67 bits per heavy atom. The van der Waals surface area contributed by atoms with Crippen LogP contribution in [0.1, 0.15) is 36.7 Å². The number of hydrogen-bond acceptors (Lipinski definition) is 5. The van der Waals surface area contributed by atoms with Crippen molar-refractivity contribution >= 4 is 17.2 Å². The van der Waals surface area contributed by atoms with E-state index in [9.17, 15) is 4.79 Å². The van der Waals surface area contributed by atoms with E-state index in [0.717, 1.165) is 37.4 Å². The van der Waals surface area contributed by atoms with Gasteiger partial charge in [-0.2, -0.15) is 11.3 Å². The lowest BCUT2D eigenvalue weighted by Crippen LogP contribution is -2.33. The third-order valence-corrected chi connectivity index (χ3v) is 5.20. The van der Waals surface area contributed by atoms with Gasteiger partial charge in [0.2, 0.25) is 5.91 Å². The smallest absolute Gasteiger partial charge is 0.217 e. The molecule has 5 nitrogen and oxygen atoms in total. The van der Waals surface area contributed by atoms with Crippen LogP contribution in [0.2, 0.25) is 0 Å². The Morgan fingerprint density at radius 1 is 1.29 bits per heavy atom. The van der Waals surface area contributed by atoms with Crippen LogP contribution in [0.15, 0.2) is 29.2 Å². The minimum absolute atomic E-state index is 0.0462. The predicted octanol–water partition coefficient (Wildman–Crippen LogP) is 2.63. The van der Waals surface area contributed by atoms with Crippen molar-refractivity contribution in [1.29, 1.82) is 0 Å². The van der Waals surface area contributed by atoms with Crippen LogP contribution in [0.3, 0.4) is 0 Å². The summed E-state index contributed by atoms with van der Waals surface area (Å²) in [6.45, 7) is 5.35. The van der Waals surface area contributed by atoms with E-state index in [4.69, 9.17) is 0 Å². The molecule has 1 amide bonds. The summed E-state index contributed by atoms with van der Waals surface area (Å²) in [6, 6.07) is 2.22. The number of aromatic nitrogens is 2. The van der Waals surface area contributed by atoms with Crippen LogP contribution in [0.5, 0.6) is 0 Å². The zero-order valence-electron chi connectivity index (χ0n) is 14.1. The molecule has 1 saturated heterocycles. The molecule has 1 fully saturated rings. The molecule has 1 aliphatic rings. The number of likely N-dealkylation sites (tertiary alicyclic amines) is 1. The Kier molecular flexibility index (Phi) is 5.93. The molecule has 0 atom stereocenters. The van der Waals surface area contributed by atoms with E-state index in [1.54, 1.807) is 17.5 Å². The van der Waals surface area contributed by atoms with E-state index in [1.165, 1.54) is 25.3 Å². The summed E-state index contributed by atoms with van der Waals surface area (Å²) in [6.07, 6.45) is 7.07. The van der Waals surface area contributed by atoms with Gasteiger partial charge in [0, 0.05) is 19.7 Å². The van der Waals surface area contributed by atoms with Crippen molar-refractivity contribution in [2.45, 2.75) is 39.3 Å². The van der Waals surface area contributed by atoms with Crippen LogP contribution in [0, 0.1) is 5.92 Å². The molecule has 3 rings (SSSR count). The van der Waals surface area contributed by atoms with Gasteiger partial charge in [-0.05, 0) is 60.7 Å². The molecule has 0 unspecified atom stereocenters. The van der Waals surface area contributed by atoms with E-state index in [-0.39, 0.29) is 5.91 Å². The molecule has 1 N–H and O–H groups in total. The number of hydrogen-bond donors (Lipinski definition) is 1. The molecule has 0 saturated carbocycles. The summed E-state index contributed by atoms with van der Waals surface area (Å²) in [5.74, 6) is 0.648. The monoisotopic (exact) mass is 344 g/mol. The molecule has 0 bridgehead atoms. The highest BCUT2D eigenvalue weighted by atomic mass is 32.1. The van der Waals surface area contributed by atoms with Gasteiger partial charge in [0.15, 0.2) is 0 Å². The molecule has 0 spiro atoms. The van der Waals surface area contributed by atoms with Crippen molar-refractivity contribution in [3.63, 3.8) is 0 Å². The van der Waals surface area contributed by atoms with E-state index in [0.29, 0.717) is 12.5 Å². The lowest BCUT2D eigenvalue weighted by atomic mass is 9.92. The van der Waals surface area contributed by atoms with E-state index in [2.05, 4.69) is 37.0 Å². The molecule has 0 radical (unpaired) electrons. The average molecular weight is 344 g/mol. The van der Waals surface area contributed by atoms with Gasteiger partial charge in [0.05, 0.1) is 24.1 Å². The lowest BCUT2D eigenvalue weighted by Gasteiger charge is -2.31. The van der Waals surface area contributed by atoms with Crippen molar-refractivity contribution in [3.05, 3.63) is 46.2 Å². The Morgan fingerprint density at radius 2 is 2.04 bits per heavy atom. The van der Waals surface area contributed by atoms with Gasteiger partial charge in [0.1, 0.15) is 0 Å². The minimum Gasteiger partial charge on any atom is -0.351 e. The Bertz CT molecular complexity index is 634. The maximum absolute atomic E-state index is 10.9. The highest BCUT2D eigenvalue weighted by Crippen LogP contribution is 2.22. The summed E-state index contributed by atoms with van der Waals surface area (Å²) >= 11 is 1.77. The average Bonchev–Trinajstić information content (AvgIpc) is 3.09. The fourth-order valence-corrected chi connectivity index (χ4v) is 3.74. The Labute approximate surface area is 147 Å². The molecule has 0 aromatic carbocycles. The predicted molar refractivity (Wildman–Crippen MR) is 95.6 cm³/mol. The minimum atomic E-state index is -0.0462. The van der Waals surface area contributed by atoms with Crippen molar-refractivity contribution in [3.8, 4) is 0 Å². The lowest BCUT2D eigenvalue weighted by molar-refractivity contribution is -0.119. The third-order valence-electron chi connectivity index (χ3n) is 4.47. The summed E-state index contributed by atoms with van der Waals surface area (Å²) in [7, 11) is 0. The highest BCUT2D eigenvalue weighted by molar-refractivity contribution is 7.07. The number of carbonyl (C=O) groups excluding carboxylic acids is 1. The van der Waals surface area contributed by atoms with Crippen molar-refractivity contribution in [2.24, 2.45) is 5.92 Å². The molecule has 2 aromatic rings. The van der Waals surface area contributed by atoms with Gasteiger partial charge < -0.3 is 5.32 Å². The zero-order chi connectivity index (χ0) is 16.8. The van der Waals surface area contributed by atoms with Crippen molar-refractivity contribution in [2.75, 3.05) is 13.1 Å². The molecular weight excluding hydrogens is 320 g/mol. The SMILES string of the molecule is CC(=O)NCc1cnc(CC2CCN(Cc3ccsc3)CC2)cn1. The van der Waals surface area contributed by atoms with Gasteiger partial charge in [-0.3, -0.25) is 19.7 Å². The number of rotatable bonds is 6. The van der Waals surface area contributed by atoms with Gasteiger partial charge in [-0.15, -0.1) is 0 Å². The van der Waals surface area contributed by atoms with Gasteiger partial charge >= 0.3 is 0 Å². The Balaban J connectivity index is 1.43. The molecule has 128 valence electrons. The molecule has 1 aliphatic heterocycles. The number of piperidine rings is 1. The standard InChI is InChI=1S/C18H24N4OS/c1-14(23)19-10-18-11-20-17(9-21-18)8-15-2-5-22(6-3-15)12-16-4-7-24-13-16/h4,7,9,11,13,15H,2-3,5-6,8,10,12H2,1H3,(H,19,23). The van der Waals surface area contributed by atoms with Crippen LogP contribution >= 0.6 is 11.3 Å². The van der Waals surface area contributed by atoms with Gasteiger partial charge in [-0.1, -0.05) is 0 Å².